The number of hydrogen-bond acceptors (Lipinski definition) is 7. The third-order valence-corrected chi connectivity index (χ3v) is 6.58. The van der Waals surface area contributed by atoms with Gasteiger partial charge in [0.15, 0.2) is 0 Å². The number of amides is 3. The van der Waals surface area contributed by atoms with Crippen molar-refractivity contribution < 1.29 is 14.4 Å². The van der Waals surface area contributed by atoms with Gasteiger partial charge in [-0.3, -0.25) is 19.2 Å². The number of hydrogen-bond donors (Lipinski definition) is 3. The van der Waals surface area contributed by atoms with Crippen LogP contribution in [-0.2, 0) is 22.6 Å². The highest BCUT2D eigenvalue weighted by Gasteiger charge is 2.30. The van der Waals surface area contributed by atoms with Crippen molar-refractivity contribution >= 4 is 17.7 Å². The van der Waals surface area contributed by atoms with Gasteiger partial charge in [0.1, 0.15) is 23.4 Å². The molecule has 2 atom stereocenters. The molecular formula is C27H34N8O4. The van der Waals surface area contributed by atoms with E-state index in [0.717, 1.165) is 5.56 Å². The van der Waals surface area contributed by atoms with Crippen molar-refractivity contribution in [1.82, 2.24) is 40.5 Å². The van der Waals surface area contributed by atoms with Crippen molar-refractivity contribution in [2.45, 2.75) is 58.7 Å². The maximum atomic E-state index is 13.5. The van der Waals surface area contributed by atoms with E-state index in [1.165, 1.54) is 12.1 Å². The summed E-state index contributed by atoms with van der Waals surface area (Å²) in [6.45, 7) is 6.60. The van der Waals surface area contributed by atoms with Crippen LogP contribution in [0.1, 0.15) is 60.4 Å². The van der Waals surface area contributed by atoms with Crippen LogP contribution >= 0.6 is 0 Å². The van der Waals surface area contributed by atoms with E-state index < -0.39 is 17.6 Å². The Labute approximate surface area is 226 Å². The van der Waals surface area contributed by atoms with Gasteiger partial charge in [0.25, 0.3) is 11.5 Å². The summed E-state index contributed by atoms with van der Waals surface area (Å²) in [6, 6.07) is 10.9. The van der Waals surface area contributed by atoms with Crippen molar-refractivity contribution in [1.29, 1.82) is 0 Å². The zero-order chi connectivity index (χ0) is 27.9. The predicted molar refractivity (Wildman–Crippen MR) is 143 cm³/mol. The third-order valence-electron chi connectivity index (χ3n) is 6.58. The lowest BCUT2D eigenvalue weighted by molar-refractivity contribution is -0.129. The Kier molecular flexibility index (Phi) is 8.84. The lowest BCUT2D eigenvalue weighted by atomic mass is 10.0. The predicted octanol–water partition coefficient (Wildman–Crippen LogP) is 1.15. The Morgan fingerprint density at radius 2 is 1.79 bits per heavy atom. The summed E-state index contributed by atoms with van der Waals surface area (Å²) in [5.41, 5.74) is 0.619. The number of fused-ring (bicyclic) bond motifs is 1. The number of rotatable bonds is 4. The molecule has 12 heteroatoms. The van der Waals surface area contributed by atoms with Gasteiger partial charge in [-0.25, -0.2) is 14.8 Å². The molecule has 0 fully saturated rings. The van der Waals surface area contributed by atoms with Crippen molar-refractivity contribution in [2.24, 2.45) is 5.92 Å². The Balaban J connectivity index is 1.65. The van der Waals surface area contributed by atoms with Crippen molar-refractivity contribution in [3.05, 3.63) is 75.7 Å². The highest BCUT2D eigenvalue weighted by Crippen LogP contribution is 2.21. The standard InChI is InChI=1S/C27H34N8O4/c1-17(2)24-25-28-18(3)33-35(25)15-14-34(27(39)20-11-12-23(37)32-31-20)13-7-10-22(36)29-21(26(38)30-24)16-19-8-5-4-6-9-19/h4-6,8-9,11-12,17,21,24H,7,10,13-16H2,1-3H3,(H,29,36)(H,30,38)(H,32,37)/t21-,24+/m0/s1. The molecule has 4 rings (SSSR count). The lowest BCUT2D eigenvalue weighted by Gasteiger charge is -2.28. The molecule has 0 spiro atoms. The van der Waals surface area contributed by atoms with Crippen molar-refractivity contribution in [2.75, 3.05) is 13.1 Å². The Bertz CT molecular complexity index is 1350. The first-order valence-electron chi connectivity index (χ1n) is 13.1. The fraction of sp³-hybridized carbons (Fsp3) is 0.444. The average molecular weight is 535 g/mol. The fourth-order valence-corrected chi connectivity index (χ4v) is 4.56. The highest BCUT2D eigenvalue weighted by molar-refractivity contribution is 5.92. The van der Waals surface area contributed by atoms with E-state index in [0.29, 0.717) is 31.0 Å². The van der Waals surface area contributed by atoms with Crippen LogP contribution in [0, 0.1) is 12.8 Å². The molecule has 0 radical (unpaired) electrons. The van der Waals surface area contributed by atoms with E-state index in [9.17, 15) is 19.2 Å². The van der Waals surface area contributed by atoms with Gasteiger partial charge in [0, 0.05) is 32.0 Å². The normalized spacial score (nSPS) is 19.1. The molecule has 3 heterocycles. The highest BCUT2D eigenvalue weighted by atomic mass is 16.2. The topological polar surface area (TPSA) is 155 Å². The van der Waals surface area contributed by atoms with Gasteiger partial charge >= 0.3 is 0 Å². The van der Waals surface area contributed by atoms with Gasteiger partial charge in [-0.2, -0.15) is 10.2 Å². The van der Waals surface area contributed by atoms with Crippen LogP contribution in [0.3, 0.4) is 0 Å². The van der Waals surface area contributed by atoms with Gasteiger partial charge in [-0.05, 0) is 30.9 Å². The van der Waals surface area contributed by atoms with E-state index in [2.05, 4.69) is 30.9 Å². The second kappa shape index (κ2) is 12.5. The minimum atomic E-state index is -0.787. The van der Waals surface area contributed by atoms with Gasteiger partial charge in [0.05, 0.1) is 12.6 Å². The maximum Gasteiger partial charge on any atom is 0.274 e. The monoisotopic (exact) mass is 534 g/mol. The molecule has 2 aromatic heterocycles. The van der Waals surface area contributed by atoms with E-state index in [1.807, 2.05) is 44.2 Å². The molecule has 12 nitrogen and oxygen atoms in total. The lowest BCUT2D eigenvalue weighted by Crippen LogP contribution is -2.50. The molecule has 1 aliphatic rings. The molecule has 0 bridgehead atoms. The second-order valence-corrected chi connectivity index (χ2v) is 9.98. The van der Waals surface area contributed by atoms with Gasteiger partial charge in [0.2, 0.25) is 11.8 Å². The summed E-state index contributed by atoms with van der Waals surface area (Å²) in [4.78, 5) is 57.3. The van der Waals surface area contributed by atoms with Crippen LogP contribution in [0.15, 0.2) is 47.3 Å². The van der Waals surface area contributed by atoms with Crippen molar-refractivity contribution in [3.8, 4) is 0 Å². The molecule has 39 heavy (non-hydrogen) atoms. The number of nitrogens with zero attached hydrogens (tertiary/aromatic N) is 5. The Hall–Kier alpha value is -4.35. The minimum absolute atomic E-state index is 0.0274. The number of aryl methyl sites for hydroxylation is 1. The molecule has 3 N–H and O–H groups in total. The maximum absolute atomic E-state index is 13.5. The number of carbonyl (C=O) groups excluding carboxylic acids is 3. The van der Waals surface area contributed by atoms with Gasteiger partial charge in [-0.15, -0.1) is 0 Å². The van der Waals surface area contributed by atoms with Crippen LogP contribution in [-0.4, -0.2) is 66.7 Å². The fourth-order valence-electron chi connectivity index (χ4n) is 4.56. The Morgan fingerprint density at radius 1 is 1.03 bits per heavy atom. The quantitative estimate of drug-likeness (QED) is 0.453. The van der Waals surface area contributed by atoms with E-state index in [-0.39, 0.29) is 48.8 Å². The van der Waals surface area contributed by atoms with Crippen LogP contribution in [0.2, 0.25) is 0 Å². The number of carbonyl (C=O) groups is 3. The molecule has 0 unspecified atom stereocenters. The molecular weight excluding hydrogens is 500 g/mol. The largest absolute Gasteiger partial charge is 0.344 e. The molecule has 0 saturated heterocycles. The molecule has 1 aromatic carbocycles. The number of benzene rings is 1. The van der Waals surface area contributed by atoms with Gasteiger partial charge < -0.3 is 15.5 Å². The SMILES string of the molecule is Cc1nc2n(n1)CCN(C(=O)c1ccc(=O)[nH]n1)CCCC(=O)N[C@@H](Cc1ccccc1)C(=O)N[C@@H]2C(C)C. The molecule has 3 aromatic rings. The Morgan fingerprint density at radius 3 is 2.49 bits per heavy atom. The van der Waals surface area contributed by atoms with E-state index >= 15 is 0 Å². The number of H-pyrrole nitrogens is 1. The smallest absolute Gasteiger partial charge is 0.274 e. The summed E-state index contributed by atoms with van der Waals surface area (Å²) in [7, 11) is 0. The zero-order valence-corrected chi connectivity index (χ0v) is 22.4. The van der Waals surface area contributed by atoms with Crippen molar-refractivity contribution in [3.63, 3.8) is 0 Å². The van der Waals surface area contributed by atoms with Crippen LogP contribution in [0.4, 0.5) is 0 Å². The number of nitrogens with one attached hydrogen (secondary N) is 3. The zero-order valence-electron chi connectivity index (χ0n) is 22.4. The molecule has 0 saturated carbocycles. The first-order chi connectivity index (χ1) is 18.7. The summed E-state index contributed by atoms with van der Waals surface area (Å²) in [6.07, 6.45) is 0.832. The third kappa shape index (κ3) is 7.15. The first-order valence-corrected chi connectivity index (χ1v) is 13.1. The molecule has 206 valence electrons. The summed E-state index contributed by atoms with van der Waals surface area (Å²) in [5, 5.41) is 16.7. The van der Waals surface area contributed by atoms with Crippen LogP contribution in [0.5, 0.6) is 0 Å². The summed E-state index contributed by atoms with van der Waals surface area (Å²) < 4.78 is 1.72. The molecule has 1 aliphatic heterocycles. The summed E-state index contributed by atoms with van der Waals surface area (Å²) in [5.74, 6) is 0.151. The summed E-state index contributed by atoms with van der Waals surface area (Å²) >= 11 is 0. The van der Waals surface area contributed by atoms with Crippen LogP contribution < -0.4 is 16.2 Å². The van der Waals surface area contributed by atoms with Gasteiger partial charge in [-0.1, -0.05) is 44.2 Å². The molecule has 0 aliphatic carbocycles. The van der Waals surface area contributed by atoms with E-state index in [1.54, 1.807) is 16.5 Å². The minimum Gasteiger partial charge on any atom is -0.344 e. The van der Waals surface area contributed by atoms with E-state index in [4.69, 9.17) is 0 Å². The molecule has 3 amide bonds. The second-order valence-electron chi connectivity index (χ2n) is 9.98. The number of aromatic amines is 1. The van der Waals surface area contributed by atoms with Crippen LogP contribution in [0.25, 0.3) is 0 Å². The number of aromatic nitrogens is 5. The average Bonchev–Trinajstić information content (AvgIpc) is 3.28. The first kappa shape index (κ1) is 27.7.